The molecule has 7 heteroatoms. The number of aromatic nitrogens is 1. The van der Waals surface area contributed by atoms with Crippen LogP contribution in [-0.4, -0.2) is 4.98 Å². The molecule has 1 aromatic carbocycles. The van der Waals surface area contributed by atoms with Crippen molar-refractivity contribution in [3.63, 3.8) is 0 Å². The Bertz CT molecular complexity index is 656. The summed E-state index contributed by atoms with van der Waals surface area (Å²) in [6.45, 7) is 1.82. The molecule has 3 N–H and O–H groups in total. The lowest BCUT2D eigenvalue weighted by Gasteiger charge is -2.15. The summed E-state index contributed by atoms with van der Waals surface area (Å²) >= 11 is 3.34. The van der Waals surface area contributed by atoms with E-state index in [9.17, 15) is 13.2 Å². The summed E-state index contributed by atoms with van der Waals surface area (Å²) in [7, 11) is 0. The minimum absolute atomic E-state index is 0.0185. The first-order chi connectivity index (χ1) is 9.80. The minimum Gasteiger partial charge on any atom is -0.397 e. The Hall–Kier alpha value is -1.76. The highest BCUT2D eigenvalue weighted by molar-refractivity contribution is 9.10. The molecule has 2 aromatic rings. The molecule has 3 nitrogen and oxygen atoms in total. The number of hydrogen-bond donors (Lipinski definition) is 2. The van der Waals surface area contributed by atoms with Crippen molar-refractivity contribution in [3.05, 3.63) is 51.6 Å². The number of rotatable bonds is 3. The molecule has 0 radical (unpaired) electrons. The molecule has 0 spiro atoms. The molecule has 2 rings (SSSR count). The molecule has 0 aliphatic carbocycles. The summed E-state index contributed by atoms with van der Waals surface area (Å²) in [5, 5.41) is 2.90. The molecule has 0 aliphatic rings. The van der Waals surface area contributed by atoms with Gasteiger partial charge in [-0.15, -0.1) is 0 Å². The predicted octanol–water partition coefficient (Wildman–Crippen LogP) is 4.37. The second-order valence-corrected chi connectivity index (χ2v) is 5.30. The zero-order chi connectivity index (χ0) is 15.6. The third-order valence-electron chi connectivity index (χ3n) is 3.07. The molecule has 21 heavy (non-hydrogen) atoms. The van der Waals surface area contributed by atoms with Crippen molar-refractivity contribution in [2.75, 3.05) is 11.1 Å². The quantitative estimate of drug-likeness (QED) is 0.855. The molecule has 0 saturated heterocycles. The van der Waals surface area contributed by atoms with Gasteiger partial charge in [0.25, 0.3) is 0 Å². The Kier molecular flexibility index (Phi) is 4.41. The topological polar surface area (TPSA) is 50.9 Å². The maximum Gasteiger partial charge on any atom is 0.416 e. The van der Waals surface area contributed by atoms with Crippen LogP contribution in [0.3, 0.4) is 0 Å². The van der Waals surface area contributed by atoms with Gasteiger partial charge in [-0.25, -0.2) is 4.98 Å². The molecule has 0 amide bonds. The van der Waals surface area contributed by atoms with Crippen molar-refractivity contribution >= 4 is 27.4 Å². The standard InChI is InChI=1S/C14H13BrF3N3/c1-8-11(19)7-21-13(12(8)15)20-6-9-4-2-3-5-10(9)14(16,17)18/h2-5,7H,6,19H2,1H3,(H,20,21). The molecule has 1 heterocycles. The first-order valence-electron chi connectivity index (χ1n) is 6.10. The van der Waals surface area contributed by atoms with Gasteiger partial charge in [-0.05, 0) is 40.0 Å². The summed E-state index contributed by atoms with van der Waals surface area (Å²) < 4.78 is 39.3. The van der Waals surface area contributed by atoms with Crippen LogP contribution in [0, 0.1) is 6.92 Å². The van der Waals surface area contributed by atoms with Crippen LogP contribution in [0.5, 0.6) is 0 Å². The van der Waals surface area contributed by atoms with Gasteiger partial charge in [0.15, 0.2) is 0 Å². The number of nitrogen functional groups attached to an aromatic ring is 1. The number of alkyl halides is 3. The summed E-state index contributed by atoms with van der Waals surface area (Å²) in [6.07, 6.45) is -2.90. The number of halogens is 4. The van der Waals surface area contributed by atoms with Crippen LogP contribution in [0.2, 0.25) is 0 Å². The Labute approximate surface area is 128 Å². The van der Waals surface area contributed by atoms with E-state index in [0.717, 1.165) is 11.6 Å². The van der Waals surface area contributed by atoms with E-state index in [1.54, 1.807) is 13.0 Å². The molecular formula is C14H13BrF3N3. The van der Waals surface area contributed by atoms with Gasteiger partial charge in [-0.3, -0.25) is 0 Å². The Balaban J connectivity index is 2.24. The fourth-order valence-electron chi connectivity index (χ4n) is 1.85. The van der Waals surface area contributed by atoms with Gasteiger partial charge in [0.05, 0.1) is 21.9 Å². The van der Waals surface area contributed by atoms with Gasteiger partial charge in [-0.1, -0.05) is 18.2 Å². The lowest BCUT2D eigenvalue weighted by Crippen LogP contribution is -2.12. The summed E-state index contributed by atoms with van der Waals surface area (Å²) in [6, 6.07) is 5.44. The number of nitrogens with one attached hydrogen (secondary N) is 1. The van der Waals surface area contributed by atoms with E-state index >= 15 is 0 Å². The van der Waals surface area contributed by atoms with Gasteiger partial charge < -0.3 is 11.1 Å². The monoisotopic (exact) mass is 359 g/mol. The lowest BCUT2D eigenvalue weighted by molar-refractivity contribution is -0.138. The Morgan fingerprint density at radius 2 is 1.95 bits per heavy atom. The molecular weight excluding hydrogens is 347 g/mol. The highest BCUT2D eigenvalue weighted by Crippen LogP contribution is 2.33. The van der Waals surface area contributed by atoms with E-state index in [4.69, 9.17) is 5.73 Å². The fraction of sp³-hybridized carbons (Fsp3) is 0.214. The van der Waals surface area contributed by atoms with Crippen molar-refractivity contribution in [3.8, 4) is 0 Å². The second kappa shape index (κ2) is 5.93. The van der Waals surface area contributed by atoms with E-state index < -0.39 is 11.7 Å². The van der Waals surface area contributed by atoms with Crippen molar-refractivity contribution in [2.24, 2.45) is 0 Å². The highest BCUT2D eigenvalue weighted by atomic mass is 79.9. The van der Waals surface area contributed by atoms with Crippen LogP contribution in [-0.2, 0) is 12.7 Å². The van der Waals surface area contributed by atoms with Gasteiger partial charge in [-0.2, -0.15) is 13.2 Å². The predicted molar refractivity (Wildman–Crippen MR) is 79.9 cm³/mol. The molecule has 0 bridgehead atoms. The zero-order valence-electron chi connectivity index (χ0n) is 11.1. The lowest BCUT2D eigenvalue weighted by atomic mass is 10.1. The third kappa shape index (κ3) is 3.47. The van der Waals surface area contributed by atoms with Crippen molar-refractivity contribution < 1.29 is 13.2 Å². The largest absolute Gasteiger partial charge is 0.416 e. The van der Waals surface area contributed by atoms with Crippen molar-refractivity contribution in [1.82, 2.24) is 4.98 Å². The van der Waals surface area contributed by atoms with Crippen molar-refractivity contribution in [2.45, 2.75) is 19.6 Å². The van der Waals surface area contributed by atoms with E-state index in [1.807, 2.05) is 0 Å². The third-order valence-corrected chi connectivity index (χ3v) is 4.04. The molecule has 0 unspecified atom stereocenters. The normalized spacial score (nSPS) is 11.5. The van der Waals surface area contributed by atoms with E-state index in [1.165, 1.54) is 18.3 Å². The average molecular weight is 360 g/mol. The molecule has 0 fully saturated rings. The summed E-state index contributed by atoms with van der Waals surface area (Å²) in [5.74, 6) is 0.457. The van der Waals surface area contributed by atoms with Gasteiger partial charge >= 0.3 is 6.18 Å². The maximum atomic E-state index is 12.9. The SMILES string of the molecule is Cc1c(N)cnc(NCc2ccccc2C(F)(F)F)c1Br. The number of hydrogen-bond acceptors (Lipinski definition) is 3. The molecule has 0 saturated carbocycles. The number of nitrogens with two attached hydrogens (primary N) is 1. The van der Waals surface area contributed by atoms with Crippen LogP contribution in [0.25, 0.3) is 0 Å². The molecule has 1 aromatic heterocycles. The van der Waals surface area contributed by atoms with Crippen molar-refractivity contribution in [1.29, 1.82) is 0 Å². The summed E-state index contributed by atoms with van der Waals surface area (Å²) in [4.78, 5) is 4.08. The first kappa shape index (κ1) is 15.6. The number of benzene rings is 1. The van der Waals surface area contributed by atoms with Crippen LogP contribution < -0.4 is 11.1 Å². The zero-order valence-corrected chi connectivity index (χ0v) is 12.7. The van der Waals surface area contributed by atoms with Gasteiger partial charge in [0.1, 0.15) is 5.82 Å². The first-order valence-corrected chi connectivity index (χ1v) is 6.89. The summed E-state index contributed by atoms with van der Waals surface area (Å²) in [5.41, 5.74) is 6.52. The van der Waals surface area contributed by atoms with Crippen LogP contribution in [0.1, 0.15) is 16.7 Å². The molecule has 0 aliphatic heterocycles. The maximum absolute atomic E-state index is 12.9. The van der Waals surface area contributed by atoms with Crippen LogP contribution >= 0.6 is 15.9 Å². The molecule has 112 valence electrons. The number of nitrogens with zero attached hydrogens (tertiary/aromatic N) is 1. The number of pyridine rings is 1. The van der Waals surface area contributed by atoms with E-state index in [0.29, 0.717) is 16.0 Å². The Morgan fingerprint density at radius 3 is 2.62 bits per heavy atom. The van der Waals surface area contributed by atoms with Crippen LogP contribution in [0.15, 0.2) is 34.9 Å². The molecule has 0 atom stereocenters. The van der Waals surface area contributed by atoms with Gasteiger partial charge in [0.2, 0.25) is 0 Å². The average Bonchev–Trinajstić information content (AvgIpc) is 2.43. The Morgan fingerprint density at radius 1 is 1.29 bits per heavy atom. The van der Waals surface area contributed by atoms with Gasteiger partial charge in [0, 0.05) is 6.54 Å². The van der Waals surface area contributed by atoms with E-state index in [2.05, 4.69) is 26.2 Å². The van der Waals surface area contributed by atoms with E-state index in [-0.39, 0.29) is 12.1 Å². The number of anilines is 2. The van der Waals surface area contributed by atoms with Crippen LogP contribution in [0.4, 0.5) is 24.7 Å². The highest BCUT2D eigenvalue weighted by Gasteiger charge is 2.32. The fourth-order valence-corrected chi connectivity index (χ4v) is 2.32. The second-order valence-electron chi connectivity index (χ2n) is 4.51. The minimum atomic E-state index is -4.38. The smallest absolute Gasteiger partial charge is 0.397 e.